The molecule has 4 saturated carbocycles. The third-order valence-electron chi connectivity index (χ3n) is 7.11. The van der Waals surface area contributed by atoms with Gasteiger partial charge in [-0.15, -0.1) is 0 Å². The van der Waals surface area contributed by atoms with Crippen LogP contribution >= 0.6 is 11.6 Å². The number of benzene rings is 1. The minimum atomic E-state index is -3.13. The van der Waals surface area contributed by atoms with Gasteiger partial charge < -0.3 is 10.1 Å². The summed E-state index contributed by atoms with van der Waals surface area (Å²) in [6.45, 7) is 3.30. The fraction of sp³-hybridized carbons (Fsp3) is 0.667. The molecule has 0 aromatic heterocycles. The molecule has 160 valence electrons. The molecule has 0 radical (unpaired) electrons. The summed E-state index contributed by atoms with van der Waals surface area (Å²) in [6.07, 6.45) is 5.28. The van der Waals surface area contributed by atoms with Crippen molar-refractivity contribution in [1.29, 1.82) is 0 Å². The topological polar surface area (TPSA) is 72.5 Å². The third kappa shape index (κ3) is 3.65. The monoisotopic (exact) mass is 443 g/mol. The summed E-state index contributed by atoms with van der Waals surface area (Å²) < 4.78 is 43.4. The Bertz CT molecular complexity index is 932. The standard InChI is InChI=1S/C21H27ClFNO4S/c1-20(2,28-17-5-4-15(23)8-16(17)22)19(25)24-18-13-6-12-7-14(18)11-21(9-12,10-13)29(3,26)27/h4-5,8,12-14,18H,6-7,9-11H2,1-3H3,(H,24,25)/t12?,13?,14?,18-,21+. The fourth-order valence-corrected chi connectivity index (χ4v) is 7.62. The first kappa shape index (κ1) is 20.9. The number of amides is 1. The minimum Gasteiger partial charge on any atom is -0.476 e. The van der Waals surface area contributed by atoms with Crippen LogP contribution in [0.1, 0.15) is 46.0 Å². The maximum absolute atomic E-state index is 13.3. The summed E-state index contributed by atoms with van der Waals surface area (Å²) in [5.41, 5.74) is -1.20. The highest BCUT2D eigenvalue weighted by Gasteiger charge is 2.60. The molecular formula is C21H27ClFNO4S. The molecule has 8 heteroatoms. The number of rotatable bonds is 5. The van der Waals surface area contributed by atoms with Crippen molar-refractivity contribution in [3.8, 4) is 5.75 Å². The lowest BCUT2D eigenvalue weighted by Crippen LogP contribution is -2.65. The van der Waals surface area contributed by atoms with Gasteiger partial charge in [0, 0.05) is 12.3 Å². The smallest absolute Gasteiger partial charge is 0.263 e. The van der Waals surface area contributed by atoms with Crippen LogP contribution in [0.4, 0.5) is 4.39 Å². The molecule has 0 saturated heterocycles. The van der Waals surface area contributed by atoms with Gasteiger partial charge in [-0.25, -0.2) is 12.8 Å². The van der Waals surface area contributed by atoms with Gasteiger partial charge >= 0.3 is 0 Å². The number of hydrogen-bond acceptors (Lipinski definition) is 4. The van der Waals surface area contributed by atoms with Crippen LogP contribution in [-0.2, 0) is 14.6 Å². The highest BCUT2D eigenvalue weighted by atomic mass is 35.5. The molecule has 5 nitrogen and oxygen atoms in total. The zero-order valence-corrected chi connectivity index (χ0v) is 18.4. The third-order valence-corrected chi connectivity index (χ3v) is 9.48. The molecule has 2 atom stereocenters. The van der Waals surface area contributed by atoms with E-state index in [4.69, 9.17) is 16.3 Å². The number of nitrogens with one attached hydrogen (secondary N) is 1. The lowest BCUT2D eigenvalue weighted by atomic mass is 9.53. The van der Waals surface area contributed by atoms with Gasteiger partial charge in [-0.05, 0) is 81.9 Å². The van der Waals surface area contributed by atoms with E-state index in [-0.39, 0.29) is 34.6 Å². The maximum atomic E-state index is 13.3. The van der Waals surface area contributed by atoms with Gasteiger partial charge in [0.1, 0.15) is 11.6 Å². The van der Waals surface area contributed by atoms with E-state index in [0.29, 0.717) is 18.8 Å². The molecule has 1 amide bonds. The Labute approximate surface area is 176 Å². The molecule has 1 N–H and O–H groups in total. The van der Waals surface area contributed by atoms with Crippen LogP contribution in [0, 0.1) is 23.6 Å². The largest absolute Gasteiger partial charge is 0.476 e. The molecule has 4 fully saturated rings. The minimum absolute atomic E-state index is 0.0412. The average Bonchev–Trinajstić information content (AvgIpc) is 2.59. The Balaban J connectivity index is 1.49. The summed E-state index contributed by atoms with van der Waals surface area (Å²) >= 11 is 6.04. The van der Waals surface area contributed by atoms with Gasteiger partial charge in [0.2, 0.25) is 0 Å². The fourth-order valence-electron chi connectivity index (χ4n) is 5.84. The van der Waals surface area contributed by atoms with E-state index in [1.807, 2.05) is 0 Å². The molecule has 4 bridgehead atoms. The van der Waals surface area contributed by atoms with Gasteiger partial charge in [-0.2, -0.15) is 0 Å². The van der Waals surface area contributed by atoms with Crippen LogP contribution in [0.5, 0.6) is 5.75 Å². The molecule has 0 spiro atoms. The van der Waals surface area contributed by atoms with Crippen molar-refractivity contribution in [2.24, 2.45) is 17.8 Å². The number of halogens is 2. The molecule has 1 aromatic carbocycles. The van der Waals surface area contributed by atoms with E-state index in [0.717, 1.165) is 25.3 Å². The molecular weight excluding hydrogens is 417 g/mol. The molecule has 2 unspecified atom stereocenters. The van der Waals surface area contributed by atoms with Crippen molar-refractivity contribution in [2.75, 3.05) is 6.26 Å². The average molecular weight is 444 g/mol. The van der Waals surface area contributed by atoms with Gasteiger partial charge in [-0.1, -0.05) is 11.6 Å². The Morgan fingerprint density at radius 3 is 2.41 bits per heavy atom. The van der Waals surface area contributed by atoms with E-state index in [2.05, 4.69) is 5.32 Å². The van der Waals surface area contributed by atoms with Crippen LogP contribution in [0.2, 0.25) is 5.02 Å². The van der Waals surface area contributed by atoms with E-state index in [1.54, 1.807) is 13.8 Å². The summed E-state index contributed by atoms with van der Waals surface area (Å²) in [7, 11) is -3.13. The predicted octanol–water partition coefficient (Wildman–Crippen LogP) is 3.74. The van der Waals surface area contributed by atoms with Crippen molar-refractivity contribution in [2.45, 2.75) is 62.3 Å². The number of ether oxygens (including phenoxy) is 1. The predicted molar refractivity (Wildman–Crippen MR) is 109 cm³/mol. The van der Waals surface area contributed by atoms with Crippen LogP contribution in [-0.4, -0.2) is 37.0 Å². The zero-order chi connectivity index (χ0) is 21.2. The quantitative estimate of drug-likeness (QED) is 0.752. The summed E-state index contributed by atoms with van der Waals surface area (Å²) in [5, 5.41) is 3.25. The number of hydrogen-bond donors (Lipinski definition) is 1. The van der Waals surface area contributed by atoms with Crippen molar-refractivity contribution >= 4 is 27.3 Å². The number of sulfone groups is 1. The molecule has 0 aliphatic heterocycles. The van der Waals surface area contributed by atoms with E-state index < -0.39 is 26.0 Å². The van der Waals surface area contributed by atoms with Crippen molar-refractivity contribution in [3.63, 3.8) is 0 Å². The first-order chi connectivity index (χ1) is 13.4. The van der Waals surface area contributed by atoms with Gasteiger partial charge in [0.15, 0.2) is 15.4 Å². The lowest BCUT2D eigenvalue weighted by Gasteiger charge is -2.59. The highest BCUT2D eigenvalue weighted by molar-refractivity contribution is 7.92. The number of carbonyl (C=O) groups excluding carboxylic acids is 1. The molecule has 0 heterocycles. The second kappa shape index (κ2) is 6.84. The van der Waals surface area contributed by atoms with Gasteiger partial charge in [-0.3, -0.25) is 4.79 Å². The van der Waals surface area contributed by atoms with Crippen LogP contribution in [0.15, 0.2) is 18.2 Å². The molecule has 1 aromatic rings. The number of carbonyl (C=O) groups is 1. The van der Waals surface area contributed by atoms with E-state index in [9.17, 15) is 17.6 Å². The normalized spacial score (nSPS) is 33.6. The Morgan fingerprint density at radius 2 is 1.86 bits per heavy atom. The first-order valence-corrected chi connectivity index (χ1v) is 12.3. The van der Waals surface area contributed by atoms with Crippen molar-refractivity contribution < 1.29 is 22.3 Å². The van der Waals surface area contributed by atoms with Crippen LogP contribution in [0.25, 0.3) is 0 Å². The summed E-state index contributed by atoms with van der Waals surface area (Å²) in [5.74, 6) is 0.268. The Morgan fingerprint density at radius 1 is 1.24 bits per heavy atom. The molecule has 4 aliphatic carbocycles. The zero-order valence-electron chi connectivity index (χ0n) is 16.9. The Kier molecular flexibility index (Phi) is 4.93. The van der Waals surface area contributed by atoms with E-state index in [1.165, 1.54) is 18.4 Å². The van der Waals surface area contributed by atoms with E-state index >= 15 is 0 Å². The first-order valence-electron chi connectivity index (χ1n) is 10.0. The van der Waals surface area contributed by atoms with Gasteiger partial charge in [0.05, 0.1) is 9.77 Å². The molecule has 29 heavy (non-hydrogen) atoms. The van der Waals surface area contributed by atoms with Crippen LogP contribution < -0.4 is 10.1 Å². The van der Waals surface area contributed by atoms with Crippen molar-refractivity contribution in [1.82, 2.24) is 5.32 Å². The van der Waals surface area contributed by atoms with Gasteiger partial charge in [0.25, 0.3) is 5.91 Å². The SMILES string of the molecule is CC(C)(Oc1ccc(F)cc1Cl)C(=O)N[C@H]1C2CC3CC1C[C@@](S(C)(=O)=O)(C3)C2. The second-order valence-electron chi connectivity index (χ2n) is 9.61. The molecule has 4 aliphatic rings. The lowest BCUT2D eigenvalue weighted by molar-refractivity contribution is -0.137. The second-order valence-corrected chi connectivity index (χ2v) is 12.4. The van der Waals surface area contributed by atoms with Crippen LogP contribution in [0.3, 0.4) is 0 Å². The highest BCUT2D eigenvalue weighted by Crippen LogP contribution is 2.58. The van der Waals surface area contributed by atoms with Crippen molar-refractivity contribution in [3.05, 3.63) is 29.0 Å². The summed E-state index contributed by atoms with van der Waals surface area (Å²) in [4.78, 5) is 13.0. The molecule has 5 rings (SSSR count). The summed E-state index contributed by atoms with van der Waals surface area (Å²) in [6, 6.07) is 3.75. The Hall–Kier alpha value is -1.34. The maximum Gasteiger partial charge on any atom is 0.263 e.